The molecule has 16 heavy (non-hydrogen) atoms. The number of rotatable bonds is 2. The van der Waals surface area contributed by atoms with Crippen molar-refractivity contribution in [3.63, 3.8) is 0 Å². The van der Waals surface area contributed by atoms with Gasteiger partial charge in [-0.1, -0.05) is 26.1 Å². The summed E-state index contributed by atoms with van der Waals surface area (Å²) in [6.45, 7) is 6.31. The Bertz CT molecular complexity index is 551. The third-order valence-corrected chi connectivity index (χ3v) is 2.79. The fraction of sp³-hybridized carbons (Fsp3) is 0.333. The molecule has 0 amide bonds. The van der Waals surface area contributed by atoms with Crippen molar-refractivity contribution in [2.24, 2.45) is 0 Å². The number of H-pyrrole nitrogens is 1. The zero-order valence-corrected chi connectivity index (χ0v) is 10.5. The molecule has 2 aromatic rings. The van der Waals surface area contributed by atoms with Crippen LogP contribution in [0.4, 0.5) is 0 Å². The Kier molecular flexibility index (Phi) is 2.92. The van der Waals surface area contributed by atoms with E-state index in [4.69, 9.17) is 12.2 Å². The highest BCUT2D eigenvalue weighted by Gasteiger charge is 2.06. The second-order valence-electron chi connectivity index (χ2n) is 4.23. The first-order chi connectivity index (χ1) is 7.58. The van der Waals surface area contributed by atoms with Gasteiger partial charge in [-0.15, -0.1) is 0 Å². The lowest BCUT2D eigenvalue weighted by molar-refractivity contribution is 0.754. The smallest absolute Gasteiger partial charge is 0.152 e. The summed E-state index contributed by atoms with van der Waals surface area (Å²) in [6.07, 6.45) is 1.79. The molecule has 2 heterocycles. The number of pyridine rings is 1. The molecule has 0 aliphatic rings. The zero-order valence-electron chi connectivity index (χ0n) is 9.69. The normalized spacial score (nSPS) is 11.0. The van der Waals surface area contributed by atoms with E-state index >= 15 is 0 Å². The number of aromatic amines is 1. The third-order valence-electron chi connectivity index (χ3n) is 2.49. The monoisotopic (exact) mass is 233 g/mol. The maximum Gasteiger partial charge on any atom is 0.152 e. The van der Waals surface area contributed by atoms with Crippen LogP contribution >= 0.6 is 12.2 Å². The molecule has 0 fully saturated rings. The van der Waals surface area contributed by atoms with Crippen LogP contribution in [-0.4, -0.2) is 14.8 Å². The maximum atomic E-state index is 5.31. The molecule has 0 aromatic carbocycles. The summed E-state index contributed by atoms with van der Waals surface area (Å²) in [4.78, 5) is 4.31. The van der Waals surface area contributed by atoms with E-state index in [0.717, 1.165) is 16.2 Å². The Morgan fingerprint density at radius 1 is 1.38 bits per heavy atom. The van der Waals surface area contributed by atoms with Gasteiger partial charge in [0.25, 0.3) is 0 Å². The first-order valence-electron chi connectivity index (χ1n) is 5.33. The first kappa shape index (κ1) is 11.1. The number of nitrogens with one attached hydrogen (secondary N) is 1. The molecule has 2 rings (SSSR count). The lowest BCUT2D eigenvalue weighted by Gasteiger charge is -2.04. The Labute approximate surface area is 100 Å². The number of hydrogen-bond donors (Lipinski definition) is 1. The Balaban J connectivity index is 2.52. The van der Waals surface area contributed by atoms with Crippen molar-refractivity contribution < 1.29 is 0 Å². The molecule has 0 saturated carbocycles. The van der Waals surface area contributed by atoms with Crippen molar-refractivity contribution >= 4 is 12.2 Å². The van der Waals surface area contributed by atoms with Gasteiger partial charge in [0.05, 0.1) is 0 Å². The number of aromatic nitrogens is 3. The number of nitrogens with zero attached hydrogens (tertiary/aromatic N) is 2. The summed E-state index contributed by atoms with van der Waals surface area (Å²) in [7, 11) is 0. The summed E-state index contributed by atoms with van der Waals surface area (Å²) in [5, 5.41) is 3.27. The van der Waals surface area contributed by atoms with E-state index in [9.17, 15) is 0 Å². The molecule has 2 aromatic heterocycles. The molecule has 0 saturated heterocycles. The lowest BCUT2D eigenvalue weighted by atomic mass is 10.1. The van der Waals surface area contributed by atoms with Crippen LogP contribution in [0.5, 0.6) is 0 Å². The van der Waals surface area contributed by atoms with Gasteiger partial charge in [-0.3, -0.25) is 5.10 Å². The standard InChI is InChI=1S/C12H15N3S/c1-8(2)10-7-12(16)15(14-10)11-6-9(3)4-5-13-11/h4-8,14H,1-3H3. The largest absolute Gasteiger partial charge is 0.295 e. The lowest BCUT2D eigenvalue weighted by Crippen LogP contribution is -2.01. The second-order valence-corrected chi connectivity index (χ2v) is 4.65. The summed E-state index contributed by atoms with van der Waals surface area (Å²) in [5.41, 5.74) is 2.31. The molecule has 4 heteroatoms. The first-order valence-corrected chi connectivity index (χ1v) is 5.74. The van der Waals surface area contributed by atoms with Crippen LogP contribution in [0.1, 0.15) is 31.0 Å². The fourth-order valence-corrected chi connectivity index (χ4v) is 1.79. The highest BCUT2D eigenvalue weighted by atomic mass is 32.1. The molecule has 0 unspecified atom stereocenters. The van der Waals surface area contributed by atoms with E-state index < -0.39 is 0 Å². The van der Waals surface area contributed by atoms with Crippen molar-refractivity contribution in [1.82, 2.24) is 14.8 Å². The number of aryl methyl sites for hydroxylation is 1. The van der Waals surface area contributed by atoms with Gasteiger partial charge in [0.15, 0.2) is 5.82 Å². The minimum atomic E-state index is 0.438. The van der Waals surface area contributed by atoms with Gasteiger partial charge in [-0.05, 0) is 36.6 Å². The van der Waals surface area contributed by atoms with Gasteiger partial charge < -0.3 is 0 Å². The molecular formula is C12H15N3S. The quantitative estimate of drug-likeness (QED) is 0.807. The molecular weight excluding hydrogens is 218 g/mol. The van der Waals surface area contributed by atoms with Gasteiger partial charge in [0.1, 0.15) is 4.64 Å². The maximum absolute atomic E-state index is 5.31. The van der Waals surface area contributed by atoms with E-state index in [0.29, 0.717) is 5.92 Å². The molecule has 0 aliphatic carbocycles. The molecule has 3 nitrogen and oxygen atoms in total. The van der Waals surface area contributed by atoms with Crippen LogP contribution in [-0.2, 0) is 0 Å². The van der Waals surface area contributed by atoms with Gasteiger partial charge in [-0.2, -0.15) is 0 Å². The van der Waals surface area contributed by atoms with Crippen LogP contribution in [0.3, 0.4) is 0 Å². The van der Waals surface area contributed by atoms with Crippen molar-refractivity contribution in [3.8, 4) is 5.82 Å². The van der Waals surface area contributed by atoms with E-state index in [1.165, 1.54) is 5.56 Å². The molecule has 0 aliphatic heterocycles. The summed E-state index contributed by atoms with van der Waals surface area (Å²) >= 11 is 5.31. The Morgan fingerprint density at radius 3 is 2.69 bits per heavy atom. The van der Waals surface area contributed by atoms with Crippen LogP contribution < -0.4 is 0 Å². The highest BCUT2D eigenvalue weighted by Crippen LogP contribution is 2.15. The van der Waals surface area contributed by atoms with Gasteiger partial charge in [0, 0.05) is 11.9 Å². The average molecular weight is 233 g/mol. The molecule has 1 N–H and O–H groups in total. The number of hydrogen-bond acceptors (Lipinski definition) is 2. The van der Waals surface area contributed by atoms with E-state index in [1.807, 2.05) is 29.8 Å². The molecule has 0 spiro atoms. The summed E-state index contributed by atoms with van der Waals surface area (Å²) in [6, 6.07) is 5.97. The average Bonchev–Trinajstić information content (AvgIpc) is 2.60. The van der Waals surface area contributed by atoms with Gasteiger partial charge >= 0.3 is 0 Å². The van der Waals surface area contributed by atoms with E-state index in [2.05, 4.69) is 23.9 Å². The van der Waals surface area contributed by atoms with E-state index in [1.54, 1.807) is 6.20 Å². The van der Waals surface area contributed by atoms with Crippen molar-refractivity contribution in [2.45, 2.75) is 26.7 Å². The Hall–Kier alpha value is -1.42. The van der Waals surface area contributed by atoms with Crippen LogP contribution in [0.15, 0.2) is 24.4 Å². The summed E-state index contributed by atoms with van der Waals surface area (Å²) in [5.74, 6) is 1.28. The molecule has 0 radical (unpaired) electrons. The zero-order chi connectivity index (χ0) is 11.7. The van der Waals surface area contributed by atoms with Crippen LogP contribution in [0.25, 0.3) is 5.82 Å². The highest BCUT2D eigenvalue weighted by molar-refractivity contribution is 7.71. The van der Waals surface area contributed by atoms with Crippen molar-refractivity contribution in [1.29, 1.82) is 0 Å². The van der Waals surface area contributed by atoms with Crippen LogP contribution in [0, 0.1) is 11.6 Å². The van der Waals surface area contributed by atoms with Gasteiger partial charge in [-0.25, -0.2) is 9.67 Å². The molecule has 0 bridgehead atoms. The predicted octanol–water partition coefficient (Wildman–Crippen LogP) is 3.36. The topological polar surface area (TPSA) is 33.6 Å². The van der Waals surface area contributed by atoms with E-state index in [-0.39, 0.29) is 0 Å². The molecule has 0 atom stereocenters. The van der Waals surface area contributed by atoms with Gasteiger partial charge in [0.2, 0.25) is 0 Å². The third kappa shape index (κ3) is 2.07. The van der Waals surface area contributed by atoms with Crippen molar-refractivity contribution in [2.75, 3.05) is 0 Å². The second kappa shape index (κ2) is 4.22. The summed E-state index contributed by atoms with van der Waals surface area (Å²) < 4.78 is 2.61. The Morgan fingerprint density at radius 2 is 2.12 bits per heavy atom. The minimum Gasteiger partial charge on any atom is -0.295 e. The fourth-order valence-electron chi connectivity index (χ4n) is 1.52. The minimum absolute atomic E-state index is 0.438. The predicted molar refractivity (Wildman–Crippen MR) is 67.6 cm³/mol. The van der Waals surface area contributed by atoms with Crippen molar-refractivity contribution in [3.05, 3.63) is 40.3 Å². The van der Waals surface area contributed by atoms with Crippen LogP contribution in [0.2, 0.25) is 0 Å². The SMILES string of the molecule is Cc1ccnc(-n2[nH]c(C(C)C)cc2=S)c1. The molecule has 84 valence electrons.